The maximum atomic E-state index is 5.69. The molecule has 1 saturated heterocycles. The van der Waals surface area contributed by atoms with Crippen molar-refractivity contribution in [2.75, 3.05) is 31.1 Å². The Bertz CT molecular complexity index is 812. The molecular formula is C22H27N5O. The van der Waals surface area contributed by atoms with Gasteiger partial charge in [0.25, 0.3) is 0 Å². The maximum Gasteiger partial charge on any atom is 0.137 e. The maximum absolute atomic E-state index is 5.69. The average Bonchev–Trinajstić information content (AvgIpc) is 3.30. The summed E-state index contributed by atoms with van der Waals surface area (Å²) in [5.41, 5.74) is 2.39. The van der Waals surface area contributed by atoms with Crippen molar-refractivity contribution in [3.63, 3.8) is 0 Å². The van der Waals surface area contributed by atoms with Crippen LogP contribution in [0.15, 0.2) is 67.3 Å². The van der Waals surface area contributed by atoms with Crippen LogP contribution in [0, 0.1) is 0 Å². The molecule has 146 valence electrons. The van der Waals surface area contributed by atoms with E-state index in [1.807, 2.05) is 29.1 Å². The third-order valence-corrected chi connectivity index (χ3v) is 5.14. The summed E-state index contributed by atoms with van der Waals surface area (Å²) in [6, 6.07) is 15.0. The SMILES string of the molecule is c1cncc(OCCCNC2CCN(c3ccc(-n4cccn4)cc3)CC2)c1. The Morgan fingerprint density at radius 3 is 2.54 bits per heavy atom. The Labute approximate surface area is 166 Å². The number of rotatable bonds is 8. The molecule has 1 fully saturated rings. The summed E-state index contributed by atoms with van der Waals surface area (Å²) < 4.78 is 7.58. The molecule has 6 heteroatoms. The number of hydrogen-bond acceptors (Lipinski definition) is 5. The van der Waals surface area contributed by atoms with Crippen molar-refractivity contribution in [2.24, 2.45) is 0 Å². The molecule has 4 rings (SSSR count). The van der Waals surface area contributed by atoms with Crippen LogP contribution in [0.25, 0.3) is 5.69 Å². The molecule has 3 heterocycles. The molecule has 0 radical (unpaired) electrons. The van der Waals surface area contributed by atoms with Crippen LogP contribution in [-0.2, 0) is 0 Å². The molecule has 0 atom stereocenters. The predicted octanol–water partition coefficient (Wildman–Crippen LogP) is 3.29. The Morgan fingerprint density at radius 1 is 1.00 bits per heavy atom. The monoisotopic (exact) mass is 377 g/mol. The van der Waals surface area contributed by atoms with E-state index in [-0.39, 0.29) is 0 Å². The minimum absolute atomic E-state index is 0.595. The van der Waals surface area contributed by atoms with Gasteiger partial charge in [-0.25, -0.2) is 4.68 Å². The van der Waals surface area contributed by atoms with Gasteiger partial charge in [0.15, 0.2) is 0 Å². The molecule has 0 saturated carbocycles. The molecule has 1 aromatic carbocycles. The minimum Gasteiger partial charge on any atom is -0.492 e. The molecule has 0 bridgehead atoms. The summed E-state index contributed by atoms with van der Waals surface area (Å²) in [7, 11) is 0. The largest absolute Gasteiger partial charge is 0.492 e. The van der Waals surface area contributed by atoms with Crippen LogP contribution in [0.4, 0.5) is 5.69 Å². The summed E-state index contributed by atoms with van der Waals surface area (Å²) in [6.07, 6.45) is 10.6. The van der Waals surface area contributed by atoms with E-state index in [0.29, 0.717) is 6.04 Å². The van der Waals surface area contributed by atoms with E-state index < -0.39 is 0 Å². The second kappa shape index (κ2) is 9.37. The van der Waals surface area contributed by atoms with E-state index in [1.54, 1.807) is 18.6 Å². The first kappa shape index (κ1) is 18.5. The lowest BCUT2D eigenvalue weighted by atomic mass is 10.0. The molecule has 1 N–H and O–H groups in total. The zero-order valence-corrected chi connectivity index (χ0v) is 16.1. The van der Waals surface area contributed by atoms with E-state index in [9.17, 15) is 0 Å². The third kappa shape index (κ3) is 4.89. The predicted molar refractivity (Wildman–Crippen MR) is 111 cm³/mol. The molecule has 2 aromatic heterocycles. The van der Waals surface area contributed by atoms with Gasteiger partial charge in [0.1, 0.15) is 5.75 Å². The van der Waals surface area contributed by atoms with Crippen molar-refractivity contribution >= 4 is 5.69 Å². The number of aromatic nitrogens is 3. The molecule has 0 aliphatic carbocycles. The molecule has 3 aromatic rings. The Morgan fingerprint density at radius 2 is 1.82 bits per heavy atom. The summed E-state index contributed by atoms with van der Waals surface area (Å²) >= 11 is 0. The number of nitrogens with one attached hydrogen (secondary N) is 1. The molecule has 0 spiro atoms. The van der Waals surface area contributed by atoms with E-state index in [2.05, 4.69) is 44.6 Å². The first-order valence-electron chi connectivity index (χ1n) is 10.00. The Balaban J connectivity index is 1.15. The highest BCUT2D eigenvalue weighted by atomic mass is 16.5. The van der Waals surface area contributed by atoms with E-state index >= 15 is 0 Å². The van der Waals surface area contributed by atoms with Crippen LogP contribution >= 0.6 is 0 Å². The highest BCUT2D eigenvalue weighted by Gasteiger charge is 2.18. The van der Waals surface area contributed by atoms with Gasteiger partial charge in [0.2, 0.25) is 0 Å². The third-order valence-electron chi connectivity index (χ3n) is 5.14. The quantitative estimate of drug-likeness (QED) is 0.611. The highest BCUT2D eigenvalue weighted by molar-refractivity contribution is 5.51. The molecule has 0 unspecified atom stereocenters. The first-order chi connectivity index (χ1) is 13.9. The van der Waals surface area contributed by atoms with Crippen LogP contribution in [-0.4, -0.2) is 47.0 Å². The molecule has 1 aliphatic rings. The number of piperidine rings is 1. The number of nitrogens with zero attached hydrogens (tertiary/aromatic N) is 4. The van der Waals surface area contributed by atoms with E-state index in [1.165, 1.54) is 18.5 Å². The molecule has 1 aliphatic heterocycles. The van der Waals surface area contributed by atoms with Gasteiger partial charge in [-0.15, -0.1) is 0 Å². The number of benzene rings is 1. The van der Waals surface area contributed by atoms with Crippen LogP contribution in [0.3, 0.4) is 0 Å². The fraction of sp³-hybridized carbons (Fsp3) is 0.364. The van der Waals surface area contributed by atoms with Crippen LogP contribution < -0.4 is 15.0 Å². The summed E-state index contributed by atoms with van der Waals surface area (Å²) in [5.74, 6) is 0.842. The Hall–Kier alpha value is -2.86. The lowest BCUT2D eigenvalue weighted by Gasteiger charge is -2.34. The second-order valence-corrected chi connectivity index (χ2v) is 7.07. The lowest BCUT2D eigenvalue weighted by molar-refractivity contribution is 0.299. The van der Waals surface area contributed by atoms with Crippen molar-refractivity contribution in [1.82, 2.24) is 20.1 Å². The van der Waals surface area contributed by atoms with Gasteiger partial charge in [0, 0.05) is 43.4 Å². The van der Waals surface area contributed by atoms with Crippen molar-refractivity contribution in [3.8, 4) is 11.4 Å². The highest BCUT2D eigenvalue weighted by Crippen LogP contribution is 2.21. The number of pyridine rings is 1. The van der Waals surface area contributed by atoms with Crippen molar-refractivity contribution in [3.05, 3.63) is 67.3 Å². The fourth-order valence-electron chi connectivity index (χ4n) is 3.58. The van der Waals surface area contributed by atoms with Gasteiger partial charge in [0.05, 0.1) is 18.5 Å². The number of ether oxygens (including phenoxy) is 1. The van der Waals surface area contributed by atoms with Gasteiger partial charge in [-0.05, 0) is 68.3 Å². The molecule has 28 heavy (non-hydrogen) atoms. The Kier molecular flexibility index (Phi) is 6.19. The molecular weight excluding hydrogens is 350 g/mol. The zero-order chi connectivity index (χ0) is 19.0. The van der Waals surface area contributed by atoms with Crippen molar-refractivity contribution in [2.45, 2.75) is 25.3 Å². The number of hydrogen-bond donors (Lipinski definition) is 1. The normalized spacial score (nSPS) is 14.9. The van der Waals surface area contributed by atoms with Gasteiger partial charge in [-0.3, -0.25) is 4.98 Å². The van der Waals surface area contributed by atoms with Gasteiger partial charge < -0.3 is 15.0 Å². The second-order valence-electron chi connectivity index (χ2n) is 7.07. The smallest absolute Gasteiger partial charge is 0.137 e. The fourth-order valence-corrected chi connectivity index (χ4v) is 3.58. The lowest BCUT2D eigenvalue weighted by Crippen LogP contribution is -2.43. The summed E-state index contributed by atoms with van der Waals surface area (Å²) in [6.45, 7) is 3.89. The van der Waals surface area contributed by atoms with Crippen LogP contribution in [0.5, 0.6) is 5.75 Å². The number of anilines is 1. The molecule has 0 amide bonds. The topological polar surface area (TPSA) is 55.2 Å². The van der Waals surface area contributed by atoms with Gasteiger partial charge >= 0.3 is 0 Å². The van der Waals surface area contributed by atoms with Gasteiger partial charge in [-0.1, -0.05) is 0 Å². The average molecular weight is 377 g/mol. The standard InChI is InChI=1S/C22H27N5O/c1-4-22(18-23-11-1)28-17-3-12-24-19-9-15-26(16-10-19)20-5-7-21(8-6-20)27-14-2-13-25-27/h1-2,4-8,11,13-14,18-19,24H,3,9-10,12,15-17H2. The van der Waals surface area contributed by atoms with E-state index in [4.69, 9.17) is 4.74 Å². The van der Waals surface area contributed by atoms with E-state index in [0.717, 1.165) is 44.1 Å². The summed E-state index contributed by atoms with van der Waals surface area (Å²) in [5, 5.41) is 7.95. The molecule has 6 nitrogen and oxygen atoms in total. The zero-order valence-electron chi connectivity index (χ0n) is 16.1. The van der Waals surface area contributed by atoms with Crippen LogP contribution in [0.1, 0.15) is 19.3 Å². The van der Waals surface area contributed by atoms with Crippen molar-refractivity contribution in [1.29, 1.82) is 0 Å². The summed E-state index contributed by atoms with van der Waals surface area (Å²) in [4.78, 5) is 6.53. The van der Waals surface area contributed by atoms with Crippen LogP contribution in [0.2, 0.25) is 0 Å². The van der Waals surface area contributed by atoms with Crippen molar-refractivity contribution < 1.29 is 4.74 Å². The first-order valence-corrected chi connectivity index (χ1v) is 10.00. The van der Waals surface area contributed by atoms with Gasteiger partial charge in [-0.2, -0.15) is 5.10 Å². The minimum atomic E-state index is 0.595.